The maximum atomic E-state index is 11.6. The highest BCUT2D eigenvalue weighted by atomic mass is 16.6. The minimum atomic E-state index is -0.343. The van der Waals surface area contributed by atoms with Crippen LogP contribution < -0.4 is 4.90 Å². The molecule has 0 unspecified atom stereocenters. The van der Waals surface area contributed by atoms with E-state index in [1.165, 1.54) is 5.56 Å². The second-order valence-corrected chi connectivity index (χ2v) is 6.55. The van der Waals surface area contributed by atoms with Crippen LogP contribution in [0.1, 0.15) is 5.56 Å². The van der Waals surface area contributed by atoms with E-state index < -0.39 is 0 Å². The van der Waals surface area contributed by atoms with E-state index in [9.17, 15) is 10.1 Å². The lowest BCUT2D eigenvalue weighted by Crippen LogP contribution is -2.46. The summed E-state index contributed by atoms with van der Waals surface area (Å²) in [4.78, 5) is 20.1. The molecule has 0 saturated carbocycles. The molecule has 1 fully saturated rings. The van der Waals surface area contributed by atoms with Crippen LogP contribution in [0.3, 0.4) is 0 Å². The van der Waals surface area contributed by atoms with Crippen molar-refractivity contribution in [3.63, 3.8) is 0 Å². The van der Waals surface area contributed by atoms with Gasteiger partial charge < -0.3 is 15.0 Å². The Bertz CT molecular complexity index is 959. The minimum Gasteiger partial charge on any atom is -0.358 e. The Hall–Kier alpha value is -3.19. The molecule has 1 aromatic carbocycles. The lowest BCUT2D eigenvalue weighted by atomic mass is 10.2. The molecule has 1 aliphatic rings. The van der Waals surface area contributed by atoms with E-state index in [1.54, 1.807) is 22.7 Å². The van der Waals surface area contributed by atoms with E-state index in [2.05, 4.69) is 34.2 Å². The van der Waals surface area contributed by atoms with Gasteiger partial charge in [-0.15, -0.1) is 0 Å². The van der Waals surface area contributed by atoms with Crippen molar-refractivity contribution in [2.24, 2.45) is 0 Å². The zero-order chi connectivity index (χ0) is 18.6. The molecule has 0 amide bonds. The summed E-state index contributed by atoms with van der Waals surface area (Å²) < 4.78 is 1.55. The smallest absolute Gasteiger partial charge is 0.358 e. The average Bonchev–Trinajstić information content (AvgIpc) is 3.09. The van der Waals surface area contributed by atoms with Crippen LogP contribution in [-0.2, 0) is 0 Å². The van der Waals surface area contributed by atoms with Gasteiger partial charge >= 0.3 is 5.82 Å². The number of imidazole rings is 1. The predicted molar refractivity (Wildman–Crippen MR) is 106 cm³/mol. The maximum absolute atomic E-state index is 11.6. The van der Waals surface area contributed by atoms with Gasteiger partial charge in [0.15, 0.2) is 0 Å². The molecule has 3 heterocycles. The van der Waals surface area contributed by atoms with Gasteiger partial charge in [0.1, 0.15) is 0 Å². The first-order chi connectivity index (χ1) is 13.2. The van der Waals surface area contributed by atoms with Gasteiger partial charge in [0, 0.05) is 38.8 Å². The number of hydrogen-bond donors (Lipinski definition) is 0. The van der Waals surface area contributed by atoms with Crippen LogP contribution in [0.25, 0.3) is 11.7 Å². The zero-order valence-corrected chi connectivity index (χ0v) is 14.9. The van der Waals surface area contributed by atoms with Gasteiger partial charge in [-0.1, -0.05) is 48.6 Å². The lowest BCUT2D eigenvalue weighted by molar-refractivity contribution is -0.389. The van der Waals surface area contributed by atoms with Crippen molar-refractivity contribution in [3.8, 4) is 0 Å². The van der Waals surface area contributed by atoms with Gasteiger partial charge in [-0.2, -0.15) is 9.38 Å². The number of fused-ring (bicyclic) bond motifs is 1. The van der Waals surface area contributed by atoms with Gasteiger partial charge in [0.2, 0.25) is 11.5 Å². The molecular weight excluding hydrogens is 342 g/mol. The van der Waals surface area contributed by atoms with E-state index in [1.807, 2.05) is 29.2 Å². The summed E-state index contributed by atoms with van der Waals surface area (Å²) in [5, 5.41) is 11.6. The number of anilines is 1. The van der Waals surface area contributed by atoms with Crippen LogP contribution in [0.2, 0.25) is 0 Å². The van der Waals surface area contributed by atoms with Gasteiger partial charge in [-0.05, 0) is 16.6 Å². The molecule has 138 valence electrons. The standard InChI is InChI=1S/C20H21N5O2/c26-25(27)20-19(21-18-10-4-5-12-24(18)20)23-15-13-22(14-16-23)11-6-9-17-7-2-1-3-8-17/h1-10,12H,11,13-16H2/b9-6+. The molecule has 1 saturated heterocycles. The molecule has 7 heteroatoms. The lowest BCUT2D eigenvalue weighted by Gasteiger charge is -2.33. The van der Waals surface area contributed by atoms with Crippen molar-refractivity contribution in [3.05, 3.63) is 76.5 Å². The van der Waals surface area contributed by atoms with Crippen molar-refractivity contribution in [1.29, 1.82) is 0 Å². The molecule has 0 spiro atoms. The van der Waals surface area contributed by atoms with Crippen LogP contribution in [0.4, 0.5) is 11.6 Å². The Morgan fingerprint density at radius 3 is 2.52 bits per heavy atom. The summed E-state index contributed by atoms with van der Waals surface area (Å²) in [6.45, 7) is 4.03. The van der Waals surface area contributed by atoms with E-state index >= 15 is 0 Å². The first-order valence-electron chi connectivity index (χ1n) is 9.03. The van der Waals surface area contributed by atoms with Crippen molar-refractivity contribution >= 4 is 23.4 Å². The molecule has 4 rings (SSSR count). The molecule has 0 bridgehead atoms. The first kappa shape index (κ1) is 17.2. The topological polar surface area (TPSA) is 66.9 Å². The Morgan fingerprint density at radius 1 is 1.04 bits per heavy atom. The first-order valence-corrected chi connectivity index (χ1v) is 9.03. The van der Waals surface area contributed by atoms with Gasteiger partial charge in [-0.25, -0.2) is 0 Å². The van der Waals surface area contributed by atoms with Crippen molar-refractivity contribution in [2.45, 2.75) is 0 Å². The van der Waals surface area contributed by atoms with E-state index in [-0.39, 0.29) is 10.7 Å². The molecule has 7 nitrogen and oxygen atoms in total. The SMILES string of the molecule is O=[N+]([O-])c1c(N2CCN(C/C=C/c3ccccc3)CC2)nc2ccccn12. The highest BCUT2D eigenvalue weighted by molar-refractivity contribution is 5.63. The quantitative estimate of drug-likeness (QED) is 0.515. The Labute approximate surface area is 157 Å². The number of piperazine rings is 1. The largest absolute Gasteiger partial charge is 0.372 e. The zero-order valence-electron chi connectivity index (χ0n) is 14.9. The Balaban J connectivity index is 1.42. The minimum absolute atomic E-state index is 0.0445. The maximum Gasteiger partial charge on any atom is 0.372 e. The highest BCUT2D eigenvalue weighted by Gasteiger charge is 2.28. The number of hydrogen-bond acceptors (Lipinski definition) is 5. The van der Waals surface area contributed by atoms with E-state index in [4.69, 9.17) is 0 Å². The molecule has 0 atom stereocenters. The fraction of sp³-hybridized carbons (Fsp3) is 0.250. The van der Waals surface area contributed by atoms with Crippen LogP contribution in [-0.4, -0.2) is 51.9 Å². The highest BCUT2D eigenvalue weighted by Crippen LogP contribution is 2.29. The van der Waals surface area contributed by atoms with Crippen LogP contribution in [0.15, 0.2) is 60.8 Å². The number of pyridine rings is 1. The number of aromatic nitrogens is 2. The summed E-state index contributed by atoms with van der Waals surface area (Å²) in [6, 6.07) is 15.6. The number of rotatable bonds is 5. The van der Waals surface area contributed by atoms with Gasteiger partial charge in [-0.3, -0.25) is 4.90 Å². The van der Waals surface area contributed by atoms with Crippen LogP contribution in [0.5, 0.6) is 0 Å². The third kappa shape index (κ3) is 3.68. The summed E-state index contributed by atoms with van der Waals surface area (Å²) in [5.74, 6) is 0.508. The predicted octanol–water partition coefficient (Wildman–Crippen LogP) is 3.08. The van der Waals surface area contributed by atoms with Crippen molar-refractivity contribution in [1.82, 2.24) is 14.3 Å². The fourth-order valence-electron chi connectivity index (χ4n) is 3.40. The Morgan fingerprint density at radius 2 is 1.78 bits per heavy atom. The van der Waals surface area contributed by atoms with Gasteiger partial charge in [0.25, 0.3) is 0 Å². The van der Waals surface area contributed by atoms with Crippen LogP contribution in [0, 0.1) is 10.1 Å². The Kier molecular flexibility index (Phi) is 4.84. The molecule has 27 heavy (non-hydrogen) atoms. The third-order valence-electron chi connectivity index (χ3n) is 4.81. The summed E-state index contributed by atoms with van der Waals surface area (Å²) >= 11 is 0. The van der Waals surface area contributed by atoms with Crippen LogP contribution >= 0.6 is 0 Å². The van der Waals surface area contributed by atoms with Gasteiger partial charge in [0.05, 0.1) is 6.20 Å². The third-order valence-corrected chi connectivity index (χ3v) is 4.81. The molecular formula is C20H21N5O2. The molecule has 2 aromatic heterocycles. The van der Waals surface area contributed by atoms with E-state index in [0.29, 0.717) is 11.5 Å². The van der Waals surface area contributed by atoms with Crippen molar-refractivity contribution in [2.75, 3.05) is 37.6 Å². The second-order valence-electron chi connectivity index (χ2n) is 6.55. The average molecular weight is 363 g/mol. The number of nitro groups is 1. The molecule has 0 radical (unpaired) electrons. The molecule has 3 aromatic rings. The second kappa shape index (κ2) is 7.59. The number of benzene rings is 1. The monoisotopic (exact) mass is 363 g/mol. The molecule has 0 N–H and O–H groups in total. The number of nitrogens with zero attached hydrogens (tertiary/aromatic N) is 5. The normalized spacial score (nSPS) is 15.6. The van der Waals surface area contributed by atoms with E-state index in [0.717, 1.165) is 32.7 Å². The summed E-state index contributed by atoms with van der Waals surface area (Å²) in [6.07, 6.45) is 5.98. The molecule has 1 aliphatic heterocycles. The summed E-state index contributed by atoms with van der Waals surface area (Å²) in [5.41, 5.74) is 1.80. The van der Waals surface area contributed by atoms with Crippen molar-refractivity contribution < 1.29 is 4.92 Å². The summed E-state index contributed by atoms with van der Waals surface area (Å²) in [7, 11) is 0. The molecule has 0 aliphatic carbocycles. The fourth-order valence-corrected chi connectivity index (χ4v) is 3.40.